The number of ether oxygens (including phenoxy) is 3. The first-order chi connectivity index (χ1) is 13.0. The Labute approximate surface area is 160 Å². The fraction of sp³-hybridized carbons (Fsp3) is 0.294. The molecule has 11 heteroatoms. The molecule has 0 radical (unpaired) electrons. The van der Waals surface area contributed by atoms with Gasteiger partial charge in [-0.15, -0.1) is 0 Å². The number of anilines is 1. The Bertz CT molecular complexity index is 937. The van der Waals surface area contributed by atoms with Gasteiger partial charge in [0, 0.05) is 6.54 Å². The predicted octanol–water partition coefficient (Wildman–Crippen LogP) is 2.99. The molecular weight excluding hydrogens is 401 g/mol. The highest BCUT2D eigenvalue weighted by molar-refractivity contribution is 7.89. The predicted molar refractivity (Wildman–Crippen MR) is 96.2 cm³/mol. The van der Waals surface area contributed by atoms with Gasteiger partial charge < -0.3 is 19.5 Å². The van der Waals surface area contributed by atoms with Crippen LogP contribution in [0.5, 0.6) is 17.2 Å². The second-order valence-electron chi connectivity index (χ2n) is 5.64. The van der Waals surface area contributed by atoms with Crippen LogP contribution in [0.4, 0.5) is 18.9 Å². The van der Waals surface area contributed by atoms with E-state index >= 15 is 0 Å². The van der Waals surface area contributed by atoms with Crippen molar-refractivity contribution < 1.29 is 35.8 Å². The third-order valence-electron chi connectivity index (χ3n) is 3.82. The van der Waals surface area contributed by atoms with E-state index in [1.165, 1.54) is 21.3 Å². The van der Waals surface area contributed by atoms with Crippen LogP contribution in [-0.2, 0) is 22.7 Å². The number of nitrogens with two attached hydrogens (primary N) is 1. The van der Waals surface area contributed by atoms with Gasteiger partial charge >= 0.3 is 6.18 Å². The van der Waals surface area contributed by atoms with Gasteiger partial charge in [-0.1, -0.05) is 0 Å². The minimum atomic E-state index is -4.70. The number of rotatable bonds is 7. The third kappa shape index (κ3) is 4.78. The molecular formula is C17H19F3N2O5S. The van der Waals surface area contributed by atoms with Crippen molar-refractivity contribution in [3.63, 3.8) is 0 Å². The number of benzene rings is 2. The van der Waals surface area contributed by atoms with Gasteiger partial charge in [-0.05, 0) is 35.9 Å². The topological polar surface area (TPSA) is 99.9 Å². The molecule has 0 saturated heterocycles. The molecule has 7 nitrogen and oxygen atoms in total. The lowest BCUT2D eigenvalue weighted by Crippen LogP contribution is -2.17. The maximum atomic E-state index is 12.9. The van der Waals surface area contributed by atoms with Crippen molar-refractivity contribution in [1.29, 1.82) is 0 Å². The van der Waals surface area contributed by atoms with Crippen molar-refractivity contribution in [3.05, 3.63) is 41.5 Å². The van der Waals surface area contributed by atoms with E-state index in [1.807, 2.05) is 0 Å². The third-order valence-corrected chi connectivity index (χ3v) is 4.77. The molecule has 0 heterocycles. The molecule has 3 N–H and O–H groups in total. The molecule has 0 fully saturated rings. The number of alkyl halides is 3. The van der Waals surface area contributed by atoms with Crippen LogP contribution in [0, 0.1) is 0 Å². The van der Waals surface area contributed by atoms with Crippen molar-refractivity contribution in [1.82, 2.24) is 0 Å². The van der Waals surface area contributed by atoms with E-state index in [4.69, 9.17) is 19.3 Å². The van der Waals surface area contributed by atoms with Crippen LogP contribution in [0.15, 0.2) is 35.2 Å². The number of halogens is 3. The average molecular weight is 420 g/mol. The van der Waals surface area contributed by atoms with E-state index < -0.39 is 26.7 Å². The Morgan fingerprint density at radius 3 is 2.00 bits per heavy atom. The van der Waals surface area contributed by atoms with E-state index in [-0.39, 0.29) is 12.2 Å². The molecule has 154 valence electrons. The van der Waals surface area contributed by atoms with Crippen molar-refractivity contribution >= 4 is 15.7 Å². The monoisotopic (exact) mass is 420 g/mol. The van der Waals surface area contributed by atoms with Gasteiger partial charge in [-0.2, -0.15) is 13.2 Å². The summed E-state index contributed by atoms with van der Waals surface area (Å²) in [6, 6.07) is 5.52. The van der Waals surface area contributed by atoms with E-state index in [9.17, 15) is 21.6 Å². The number of hydrogen-bond acceptors (Lipinski definition) is 6. The minimum Gasteiger partial charge on any atom is -0.493 e. The maximum absolute atomic E-state index is 12.9. The van der Waals surface area contributed by atoms with Gasteiger partial charge in [0.15, 0.2) is 11.5 Å². The second kappa shape index (κ2) is 8.15. The molecule has 0 unspecified atom stereocenters. The fourth-order valence-corrected chi connectivity index (χ4v) is 3.25. The first-order valence-electron chi connectivity index (χ1n) is 7.78. The summed E-state index contributed by atoms with van der Waals surface area (Å²) in [5.74, 6) is 1.11. The van der Waals surface area contributed by atoms with E-state index in [1.54, 1.807) is 12.1 Å². The summed E-state index contributed by atoms with van der Waals surface area (Å²) in [6.45, 7) is 0.0601. The van der Waals surface area contributed by atoms with Gasteiger partial charge in [0.1, 0.15) is 4.90 Å². The average Bonchev–Trinajstić information content (AvgIpc) is 2.63. The van der Waals surface area contributed by atoms with Crippen LogP contribution < -0.4 is 24.7 Å². The van der Waals surface area contributed by atoms with Crippen molar-refractivity contribution in [2.24, 2.45) is 5.14 Å². The smallest absolute Gasteiger partial charge is 0.416 e. The standard InChI is InChI=1S/C17H19F3N2O5S/c1-25-13-6-10(7-14(26-2)16(13)27-3)9-22-12-5-4-11(17(18,19)20)8-15(12)28(21,23)24/h4-8,22H,9H2,1-3H3,(H2,21,23,24). The Morgan fingerprint density at radius 2 is 1.57 bits per heavy atom. The highest BCUT2D eigenvalue weighted by Crippen LogP contribution is 2.38. The SMILES string of the molecule is COc1cc(CNc2ccc(C(F)(F)F)cc2S(N)(=O)=O)cc(OC)c1OC. The number of hydrogen-bond donors (Lipinski definition) is 2. The summed E-state index contributed by atoms with van der Waals surface area (Å²) < 4.78 is 77.8. The Hall–Kier alpha value is -2.66. The maximum Gasteiger partial charge on any atom is 0.416 e. The zero-order valence-electron chi connectivity index (χ0n) is 15.3. The normalized spacial score (nSPS) is 11.8. The van der Waals surface area contributed by atoms with Gasteiger partial charge in [0.05, 0.1) is 32.6 Å². The molecule has 0 bridgehead atoms. The molecule has 0 aliphatic carbocycles. The van der Waals surface area contributed by atoms with Crippen LogP contribution in [0.2, 0.25) is 0 Å². The quantitative estimate of drug-likeness (QED) is 0.714. The first-order valence-corrected chi connectivity index (χ1v) is 9.32. The summed E-state index contributed by atoms with van der Waals surface area (Å²) in [7, 11) is -0.0775. The molecule has 2 rings (SSSR count). The Morgan fingerprint density at radius 1 is 1.00 bits per heavy atom. The fourth-order valence-electron chi connectivity index (χ4n) is 2.51. The van der Waals surface area contributed by atoms with E-state index in [0.29, 0.717) is 28.9 Å². The zero-order valence-corrected chi connectivity index (χ0v) is 16.1. The summed E-state index contributed by atoms with van der Waals surface area (Å²) in [4.78, 5) is -0.658. The summed E-state index contributed by atoms with van der Waals surface area (Å²) in [6.07, 6.45) is -4.70. The molecule has 0 aliphatic heterocycles. The summed E-state index contributed by atoms with van der Waals surface area (Å²) in [5.41, 5.74) is -0.575. The highest BCUT2D eigenvalue weighted by Gasteiger charge is 2.32. The molecule has 0 aromatic heterocycles. The highest BCUT2D eigenvalue weighted by atomic mass is 32.2. The zero-order chi connectivity index (χ0) is 21.1. The summed E-state index contributed by atoms with van der Waals surface area (Å²) in [5, 5.41) is 7.85. The molecule has 0 saturated carbocycles. The van der Waals surface area contributed by atoms with Crippen molar-refractivity contribution in [2.75, 3.05) is 26.6 Å². The van der Waals surface area contributed by atoms with E-state index in [0.717, 1.165) is 12.1 Å². The Kier molecular flexibility index (Phi) is 6.30. The van der Waals surface area contributed by atoms with Gasteiger partial charge in [-0.3, -0.25) is 0 Å². The molecule has 0 atom stereocenters. The van der Waals surface area contributed by atoms with Crippen molar-refractivity contribution in [3.8, 4) is 17.2 Å². The van der Waals surface area contributed by atoms with Crippen LogP contribution in [0.1, 0.15) is 11.1 Å². The molecule has 0 spiro atoms. The lowest BCUT2D eigenvalue weighted by Gasteiger charge is -2.16. The lowest BCUT2D eigenvalue weighted by molar-refractivity contribution is -0.137. The summed E-state index contributed by atoms with van der Waals surface area (Å²) >= 11 is 0. The largest absolute Gasteiger partial charge is 0.493 e. The van der Waals surface area contributed by atoms with Gasteiger partial charge in [-0.25, -0.2) is 13.6 Å². The molecule has 0 amide bonds. The molecule has 28 heavy (non-hydrogen) atoms. The van der Waals surface area contributed by atoms with Crippen LogP contribution in [0.3, 0.4) is 0 Å². The van der Waals surface area contributed by atoms with Crippen LogP contribution >= 0.6 is 0 Å². The second-order valence-corrected chi connectivity index (χ2v) is 7.17. The number of nitrogens with one attached hydrogen (secondary N) is 1. The molecule has 2 aromatic rings. The number of methoxy groups -OCH3 is 3. The Balaban J connectivity index is 2.39. The van der Waals surface area contributed by atoms with E-state index in [2.05, 4.69) is 5.32 Å². The van der Waals surface area contributed by atoms with Crippen molar-refractivity contribution in [2.45, 2.75) is 17.6 Å². The number of sulfonamides is 1. The first kappa shape index (κ1) is 21.6. The van der Waals surface area contributed by atoms with Gasteiger partial charge in [0.2, 0.25) is 15.8 Å². The van der Waals surface area contributed by atoms with Crippen LogP contribution in [-0.4, -0.2) is 29.7 Å². The number of primary sulfonamides is 1. The minimum absolute atomic E-state index is 0.0601. The molecule has 2 aromatic carbocycles. The lowest BCUT2D eigenvalue weighted by atomic mass is 10.1. The van der Waals surface area contributed by atoms with Gasteiger partial charge in [0.25, 0.3) is 0 Å². The molecule has 0 aliphatic rings. The van der Waals surface area contributed by atoms with Crippen LogP contribution in [0.25, 0.3) is 0 Å².